The molecule has 4 nitrogen and oxygen atoms in total. The van der Waals surface area contributed by atoms with Gasteiger partial charge in [0.15, 0.2) is 0 Å². The van der Waals surface area contributed by atoms with E-state index in [0.29, 0.717) is 13.0 Å². The molecule has 0 saturated carbocycles. The summed E-state index contributed by atoms with van der Waals surface area (Å²) in [7, 11) is -3.82. The van der Waals surface area contributed by atoms with Crippen molar-refractivity contribution in [1.82, 2.24) is 5.32 Å². The summed E-state index contributed by atoms with van der Waals surface area (Å²) in [6.45, 7) is 7.22. The van der Waals surface area contributed by atoms with Gasteiger partial charge in [0.2, 0.25) is 0 Å². The van der Waals surface area contributed by atoms with E-state index in [1.165, 1.54) is 70.6 Å². The Balaban J connectivity index is 3.42. The maximum Gasteiger partial charge on any atom is 0.264 e. The monoisotopic (exact) mass is 363 g/mol. The SMILES string of the molecule is CCCCCCCCCCCCCC(C)(C)NCCCS(=O)(=O)O. The van der Waals surface area contributed by atoms with Crippen LogP contribution < -0.4 is 5.32 Å². The fourth-order valence-electron chi connectivity index (χ4n) is 3.00. The summed E-state index contributed by atoms with van der Waals surface area (Å²) < 4.78 is 30.0. The standard InChI is InChI=1S/C19H41NO3S/c1-4-5-6-7-8-9-10-11-12-13-14-16-19(2,3)20-17-15-18-24(21,22)23/h20H,4-18H2,1-3H3,(H,21,22,23). The highest BCUT2D eigenvalue weighted by molar-refractivity contribution is 7.85. The van der Waals surface area contributed by atoms with Crippen LogP contribution in [-0.2, 0) is 10.1 Å². The van der Waals surface area contributed by atoms with Crippen LogP contribution >= 0.6 is 0 Å². The van der Waals surface area contributed by atoms with E-state index in [1.807, 2.05) is 0 Å². The summed E-state index contributed by atoms with van der Waals surface area (Å²) in [5.74, 6) is -0.158. The zero-order valence-corrected chi connectivity index (χ0v) is 17.1. The average molecular weight is 364 g/mol. The fourth-order valence-corrected chi connectivity index (χ4v) is 3.51. The highest BCUT2D eigenvalue weighted by Crippen LogP contribution is 2.16. The summed E-state index contributed by atoms with van der Waals surface area (Å²) in [4.78, 5) is 0. The van der Waals surface area contributed by atoms with Crippen LogP contribution in [0.25, 0.3) is 0 Å². The Kier molecular flexibility index (Phi) is 14.0. The van der Waals surface area contributed by atoms with Crippen molar-refractivity contribution in [2.75, 3.05) is 12.3 Å². The number of hydrogen-bond acceptors (Lipinski definition) is 3. The van der Waals surface area contributed by atoms with Gasteiger partial charge in [-0.25, -0.2) is 0 Å². The maximum atomic E-state index is 10.7. The molecular weight excluding hydrogens is 322 g/mol. The molecule has 0 saturated heterocycles. The lowest BCUT2D eigenvalue weighted by Gasteiger charge is -2.26. The third kappa shape index (κ3) is 18.2. The minimum atomic E-state index is -3.82. The van der Waals surface area contributed by atoms with Gasteiger partial charge < -0.3 is 5.32 Å². The van der Waals surface area contributed by atoms with E-state index in [-0.39, 0.29) is 11.3 Å². The lowest BCUT2D eigenvalue weighted by atomic mass is 9.95. The van der Waals surface area contributed by atoms with Gasteiger partial charge >= 0.3 is 0 Å². The Labute approximate surface area is 150 Å². The van der Waals surface area contributed by atoms with E-state index < -0.39 is 10.1 Å². The van der Waals surface area contributed by atoms with Gasteiger partial charge in [-0.3, -0.25) is 4.55 Å². The number of unbranched alkanes of at least 4 members (excludes halogenated alkanes) is 10. The van der Waals surface area contributed by atoms with E-state index in [2.05, 4.69) is 26.1 Å². The molecule has 24 heavy (non-hydrogen) atoms. The number of hydrogen-bond donors (Lipinski definition) is 2. The molecule has 0 amide bonds. The van der Waals surface area contributed by atoms with Crippen molar-refractivity contribution in [1.29, 1.82) is 0 Å². The zero-order chi connectivity index (χ0) is 18.3. The van der Waals surface area contributed by atoms with Crippen LogP contribution in [0.4, 0.5) is 0 Å². The van der Waals surface area contributed by atoms with Crippen molar-refractivity contribution in [2.24, 2.45) is 0 Å². The van der Waals surface area contributed by atoms with Crippen molar-refractivity contribution in [3.63, 3.8) is 0 Å². The smallest absolute Gasteiger partial charge is 0.264 e. The molecule has 146 valence electrons. The molecule has 2 N–H and O–H groups in total. The van der Waals surface area contributed by atoms with Gasteiger partial charge in [-0.1, -0.05) is 77.6 Å². The van der Waals surface area contributed by atoms with Crippen LogP contribution in [0, 0.1) is 0 Å². The van der Waals surface area contributed by atoms with Gasteiger partial charge in [-0.2, -0.15) is 8.42 Å². The summed E-state index contributed by atoms with van der Waals surface area (Å²) in [5.41, 5.74) is 0.0402. The second-order valence-corrected chi connectivity index (χ2v) is 9.31. The lowest BCUT2D eigenvalue weighted by Crippen LogP contribution is -2.40. The summed E-state index contributed by atoms with van der Waals surface area (Å²) in [6, 6.07) is 0. The quantitative estimate of drug-likeness (QED) is 0.271. The summed E-state index contributed by atoms with van der Waals surface area (Å²) in [6.07, 6.45) is 16.5. The van der Waals surface area contributed by atoms with Gasteiger partial charge in [0.05, 0.1) is 5.75 Å². The molecule has 0 heterocycles. The Bertz CT molecular complexity index is 380. The molecule has 0 unspecified atom stereocenters. The molecule has 0 atom stereocenters. The molecular formula is C19H41NO3S. The van der Waals surface area contributed by atoms with Crippen LogP contribution in [0.3, 0.4) is 0 Å². The highest BCUT2D eigenvalue weighted by Gasteiger charge is 2.16. The first kappa shape index (κ1) is 23.9. The molecule has 0 aliphatic rings. The van der Waals surface area contributed by atoms with Crippen molar-refractivity contribution in [3.05, 3.63) is 0 Å². The predicted molar refractivity (Wildman–Crippen MR) is 104 cm³/mol. The minimum absolute atomic E-state index is 0.0402. The molecule has 0 fully saturated rings. The third-order valence-corrected chi connectivity index (χ3v) is 5.39. The zero-order valence-electron chi connectivity index (χ0n) is 16.3. The van der Waals surface area contributed by atoms with Crippen molar-refractivity contribution < 1.29 is 13.0 Å². The Morgan fingerprint density at radius 3 is 1.71 bits per heavy atom. The van der Waals surface area contributed by atoms with Crippen LogP contribution in [0.2, 0.25) is 0 Å². The summed E-state index contributed by atoms with van der Waals surface area (Å²) in [5, 5.41) is 3.39. The Morgan fingerprint density at radius 1 is 0.792 bits per heavy atom. The second-order valence-electron chi connectivity index (χ2n) is 7.74. The molecule has 0 aromatic carbocycles. The van der Waals surface area contributed by atoms with E-state index in [0.717, 1.165) is 6.42 Å². The molecule has 0 aliphatic heterocycles. The largest absolute Gasteiger partial charge is 0.312 e. The Morgan fingerprint density at radius 2 is 1.25 bits per heavy atom. The lowest BCUT2D eigenvalue weighted by molar-refractivity contribution is 0.347. The van der Waals surface area contributed by atoms with Gasteiger partial charge in [0, 0.05) is 5.54 Å². The van der Waals surface area contributed by atoms with Crippen molar-refractivity contribution >= 4 is 10.1 Å². The molecule has 5 heteroatoms. The summed E-state index contributed by atoms with van der Waals surface area (Å²) >= 11 is 0. The topological polar surface area (TPSA) is 66.4 Å². The molecule has 0 spiro atoms. The molecule has 0 aliphatic carbocycles. The van der Waals surface area contributed by atoms with Crippen molar-refractivity contribution in [3.8, 4) is 0 Å². The number of nitrogens with one attached hydrogen (secondary N) is 1. The van der Waals surface area contributed by atoms with Crippen LogP contribution in [0.5, 0.6) is 0 Å². The van der Waals surface area contributed by atoms with E-state index in [4.69, 9.17) is 4.55 Å². The predicted octanol–water partition coefficient (Wildman–Crippen LogP) is 5.33. The maximum absolute atomic E-state index is 10.7. The highest BCUT2D eigenvalue weighted by atomic mass is 32.2. The van der Waals surface area contributed by atoms with E-state index >= 15 is 0 Å². The molecule has 0 aromatic heterocycles. The first-order valence-electron chi connectivity index (χ1n) is 9.97. The normalized spacial score (nSPS) is 12.7. The third-order valence-electron chi connectivity index (χ3n) is 4.59. The molecule has 0 aromatic rings. The average Bonchev–Trinajstić information content (AvgIpc) is 2.48. The van der Waals surface area contributed by atoms with Gasteiger partial charge in [0.25, 0.3) is 10.1 Å². The first-order chi connectivity index (χ1) is 11.3. The van der Waals surface area contributed by atoms with Crippen LogP contribution in [0.15, 0.2) is 0 Å². The minimum Gasteiger partial charge on any atom is -0.312 e. The van der Waals surface area contributed by atoms with Crippen LogP contribution in [-0.4, -0.2) is 30.8 Å². The second kappa shape index (κ2) is 14.1. The number of rotatable bonds is 17. The van der Waals surface area contributed by atoms with Gasteiger partial charge in [0.1, 0.15) is 0 Å². The van der Waals surface area contributed by atoms with Gasteiger partial charge in [-0.05, 0) is 33.2 Å². The van der Waals surface area contributed by atoms with E-state index in [1.54, 1.807) is 0 Å². The van der Waals surface area contributed by atoms with Crippen molar-refractivity contribution in [2.45, 2.75) is 110 Å². The van der Waals surface area contributed by atoms with Crippen LogP contribution in [0.1, 0.15) is 104 Å². The molecule has 0 radical (unpaired) electrons. The Hall–Kier alpha value is -0.130. The fraction of sp³-hybridized carbons (Fsp3) is 1.00. The molecule has 0 rings (SSSR count). The molecule has 0 bridgehead atoms. The van der Waals surface area contributed by atoms with Gasteiger partial charge in [-0.15, -0.1) is 0 Å². The first-order valence-corrected chi connectivity index (χ1v) is 11.6. The van der Waals surface area contributed by atoms with E-state index in [9.17, 15) is 8.42 Å².